The van der Waals surface area contributed by atoms with Crippen LogP contribution in [0, 0.1) is 0 Å². The Labute approximate surface area is 119 Å². The smallest absolute Gasteiger partial charge is 0.354 e. The van der Waals surface area contributed by atoms with Crippen molar-refractivity contribution in [2.45, 2.75) is 30.1 Å². The zero-order valence-electron chi connectivity index (χ0n) is 10.7. The molecule has 2 aliphatic rings. The molecule has 6 nitrogen and oxygen atoms in total. The van der Waals surface area contributed by atoms with Crippen molar-refractivity contribution in [2.24, 2.45) is 5.73 Å². The lowest BCUT2D eigenvalue weighted by Gasteiger charge is -2.40. The summed E-state index contributed by atoms with van der Waals surface area (Å²) in [4.78, 5) is 24.5. The molecule has 2 aliphatic heterocycles. The zero-order valence-corrected chi connectivity index (χ0v) is 12.3. The monoisotopic (exact) mass is 304 g/mol. The molecular weight excluding hydrogens is 288 g/mol. The number of rotatable bonds is 6. The van der Waals surface area contributed by atoms with Crippen LogP contribution in [0.1, 0.15) is 13.3 Å². The van der Waals surface area contributed by atoms with Crippen LogP contribution in [0.5, 0.6) is 0 Å². The summed E-state index contributed by atoms with van der Waals surface area (Å²) < 4.78 is 5.75. The van der Waals surface area contributed by atoms with E-state index in [0.29, 0.717) is 10.8 Å². The number of hydrogen-bond donors (Lipinski definition) is 2. The van der Waals surface area contributed by atoms with Crippen molar-refractivity contribution < 1.29 is 19.4 Å². The minimum Gasteiger partial charge on any atom is -0.477 e. The number of carboxylic acids is 1. The van der Waals surface area contributed by atoms with Gasteiger partial charge in [0.15, 0.2) is 11.8 Å². The second kappa shape index (κ2) is 5.74. The van der Waals surface area contributed by atoms with E-state index < -0.39 is 12.1 Å². The molecule has 0 radical (unpaired) electrons. The van der Waals surface area contributed by atoms with Gasteiger partial charge in [0.05, 0.1) is 4.24 Å². The van der Waals surface area contributed by atoms with Gasteiger partial charge in [-0.1, -0.05) is 18.7 Å². The first-order valence-corrected chi connectivity index (χ1v) is 7.64. The number of amides is 1. The van der Waals surface area contributed by atoms with Crippen molar-refractivity contribution in [1.82, 2.24) is 4.90 Å². The van der Waals surface area contributed by atoms with Crippen LogP contribution in [0.25, 0.3) is 0 Å². The molecule has 1 saturated heterocycles. The molecule has 3 atom stereocenters. The summed E-state index contributed by atoms with van der Waals surface area (Å²) in [5.41, 5.74) is 5.58. The molecule has 0 aromatic rings. The van der Waals surface area contributed by atoms with Crippen LogP contribution in [0.2, 0.25) is 0 Å². The van der Waals surface area contributed by atoms with Gasteiger partial charge in [-0.05, 0) is 13.0 Å². The maximum Gasteiger partial charge on any atom is 0.354 e. The maximum atomic E-state index is 11.8. The third-order valence-electron chi connectivity index (χ3n) is 2.99. The van der Waals surface area contributed by atoms with Crippen molar-refractivity contribution >= 4 is 35.4 Å². The van der Waals surface area contributed by atoms with Crippen LogP contribution in [0.3, 0.4) is 0 Å². The number of methoxy groups -OCH3 is 1. The lowest BCUT2D eigenvalue weighted by Crippen LogP contribution is -2.61. The molecule has 0 aromatic carbocycles. The molecule has 3 N–H and O–H groups in total. The number of carboxylic acid groups (broad SMARTS) is 1. The summed E-state index contributed by atoms with van der Waals surface area (Å²) in [5.74, 6) is -1.35. The van der Waals surface area contributed by atoms with Gasteiger partial charge in [-0.3, -0.25) is 9.69 Å². The molecule has 0 aliphatic carbocycles. The summed E-state index contributed by atoms with van der Waals surface area (Å²) >= 11 is 2.85. The number of ether oxygens (including phenoxy) is 1. The van der Waals surface area contributed by atoms with Gasteiger partial charge in [0.1, 0.15) is 5.37 Å². The van der Waals surface area contributed by atoms with Crippen LogP contribution in [0.4, 0.5) is 0 Å². The van der Waals surface area contributed by atoms with E-state index in [1.165, 1.54) is 35.5 Å². The quantitative estimate of drug-likeness (QED) is 0.696. The van der Waals surface area contributed by atoms with Crippen molar-refractivity contribution in [3.63, 3.8) is 0 Å². The molecule has 1 amide bonds. The van der Waals surface area contributed by atoms with E-state index in [0.717, 1.165) is 6.42 Å². The number of thioether (sulfide) groups is 2. The Balaban J connectivity index is 2.17. The van der Waals surface area contributed by atoms with E-state index in [2.05, 4.69) is 0 Å². The topological polar surface area (TPSA) is 92.9 Å². The third-order valence-corrected chi connectivity index (χ3v) is 5.72. The molecule has 2 rings (SSSR count). The number of carbonyl (C=O) groups is 2. The van der Waals surface area contributed by atoms with Crippen molar-refractivity contribution in [2.75, 3.05) is 13.7 Å². The van der Waals surface area contributed by atoms with E-state index in [-0.39, 0.29) is 22.2 Å². The highest BCUT2D eigenvalue weighted by Crippen LogP contribution is 2.52. The van der Waals surface area contributed by atoms with Crippen LogP contribution in [-0.2, 0) is 14.3 Å². The minimum atomic E-state index is -1.07. The van der Waals surface area contributed by atoms with Crippen LogP contribution in [-0.4, -0.2) is 52.3 Å². The van der Waals surface area contributed by atoms with Crippen molar-refractivity contribution in [3.8, 4) is 0 Å². The first-order chi connectivity index (χ1) is 9.01. The average molecular weight is 304 g/mol. The Morgan fingerprint density at radius 2 is 2.37 bits per heavy atom. The summed E-state index contributed by atoms with van der Waals surface area (Å²) in [6.45, 7) is 2.55. The molecule has 2 unspecified atom stereocenters. The second-order valence-corrected chi connectivity index (χ2v) is 7.15. The molecule has 0 spiro atoms. The van der Waals surface area contributed by atoms with Crippen LogP contribution < -0.4 is 5.73 Å². The van der Waals surface area contributed by atoms with Crippen molar-refractivity contribution in [1.29, 1.82) is 0 Å². The number of hydrogen-bond acceptors (Lipinski definition) is 6. The SMILES string of the molecule is COC1C(=O)N2C(C(=O)O)=C(SC(C)CCN)S[C@@H]12. The Morgan fingerprint density at radius 1 is 1.68 bits per heavy atom. The van der Waals surface area contributed by atoms with E-state index in [4.69, 9.17) is 10.5 Å². The first-order valence-electron chi connectivity index (χ1n) is 5.88. The normalized spacial score (nSPS) is 27.3. The second-order valence-electron chi connectivity index (χ2n) is 4.32. The largest absolute Gasteiger partial charge is 0.477 e. The van der Waals surface area contributed by atoms with Gasteiger partial charge in [0.2, 0.25) is 0 Å². The summed E-state index contributed by atoms with van der Waals surface area (Å²) in [5, 5.41) is 9.26. The van der Waals surface area contributed by atoms with E-state index in [1.807, 2.05) is 6.92 Å². The highest BCUT2D eigenvalue weighted by molar-refractivity contribution is 8.23. The number of nitrogens with two attached hydrogens (primary N) is 1. The predicted molar refractivity (Wildman–Crippen MR) is 74.4 cm³/mol. The fraction of sp³-hybridized carbons (Fsp3) is 0.636. The van der Waals surface area contributed by atoms with Gasteiger partial charge in [0, 0.05) is 12.4 Å². The highest BCUT2D eigenvalue weighted by atomic mass is 32.2. The van der Waals surface area contributed by atoms with Gasteiger partial charge < -0.3 is 15.6 Å². The molecule has 2 heterocycles. The molecule has 1 fully saturated rings. The zero-order chi connectivity index (χ0) is 14.2. The van der Waals surface area contributed by atoms with Gasteiger partial charge in [-0.25, -0.2) is 4.79 Å². The Bertz CT molecular complexity index is 440. The predicted octanol–water partition coefficient (Wildman–Crippen LogP) is 0.641. The number of aliphatic carboxylic acids is 1. The highest BCUT2D eigenvalue weighted by Gasteiger charge is 2.56. The molecular formula is C11H16N2O4S2. The van der Waals surface area contributed by atoms with Gasteiger partial charge >= 0.3 is 5.97 Å². The molecule has 0 bridgehead atoms. The number of β-lactam (4-membered cyclic amide) rings is 1. The first kappa shape index (κ1) is 14.7. The summed E-state index contributed by atoms with van der Waals surface area (Å²) in [6.07, 6.45) is 0.260. The number of fused-ring (bicyclic) bond motifs is 1. The number of nitrogens with zero attached hydrogens (tertiary/aromatic N) is 1. The fourth-order valence-corrected chi connectivity index (χ4v) is 5.13. The van der Waals surface area contributed by atoms with Crippen molar-refractivity contribution in [3.05, 3.63) is 9.93 Å². The molecule has 0 saturated carbocycles. The summed E-state index contributed by atoms with van der Waals surface area (Å²) in [7, 11) is 1.46. The van der Waals surface area contributed by atoms with Gasteiger partial charge in [-0.2, -0.15) is 0 Å². The standard InChI is InChI=1S/C11H16N2O4S2/c1-5(3-4-12)18-11-6(10(15)16)13-8(14)7(17-2)9(13)19-11/h5,7,9H,3-4,12H2,1-2H3,(H,15,16)/t5?,7?,9-/m0/s1. The average Bonchev–Trinajstić information content (AvgIpc) is 2.65. The lowest BCUT2D eigenvalue weighted by atomic mass is 10.1. The minimum absolute atomic E-state index is 0.0853. The van der Waals surface area contributed by atoms with Gasteiger partial charge in [0.25, 0.3) is 5.91 Å². The van der Waals surface area contributed by atoms with Crippen LogP contribution in [0.15, 0.2) is 9.93 Å². The summed E-state index contributed by atoms with van der Waals surface area (Å²) in [6, 6.07) is 0. The maximum absolute atomic E-state index is 11.8. The molecule has 19 heavy (non-hydrogen) atoms. The number of carbonyl (C=O) groups excluding carboxylic acids is 1. The lowest BCUT2D eigenvalue weighted by molar-refractivity contribution is -0.161. The molecule has 8 heteroatoms. The molecule has 0 aromatic heterocycles. The van der Waals surface area contributed by atoms with E-state index in [9.17, 15) is 14.7 Å². The Kier molecular flexibility index (Phi) is 4.44. The fourth-order valence-electron chi connectivity index (χ4n) is 2.02. The van der Waals surface area contributed by atoms with Crippen LogP contribution >= 0.6 is 23.5 Å². The molecule has 106 valence electrons. The third kappa shape index (κ3) is 2.49. The Morgan fingerprint density at radius 3 is 2.89 bits per heavy atom. The van der Waals surface area contributed by atoms with E-state index >= 15 is 0 Å². The Hall–Kier alpha value is -0.700. The van der Waals surface area contributed by atoms with E-state index in [1.54, 1.807) is 0 Å². The van der Waals surface area contributed by atoms with Gasteiger partial charge in [-0.15, -0.1) is 11.8 Å².